The van der Waals surface area contributed by atoms with Crippen LogP contribution in [0.4, 0.5) is 0 Å². The minimum absolute atomic E-state index is 0.130. The van der Waals surface area contributed by atoms with Crippen molar-refractivity contribution in [3.05, 3.63) is 18.2 Å². The van der Waals surface area contributed by atoms with E-state index in [9.17, 15) is 4.79 Å². The number of H-pyrrole nitrogens is 1. The molecule has 0 fully saturated rings. The van der Waals surface area contributed by atoms with Gasteiger partial charge in [0, 0.05) is 40.3 Å². The summed E-state index contributed by atoms with van der Waals surface area (Å²) in [6.45, 7) is 6.52. The molecule has 1 aromatic rings. The van der Waals surface area contributed by atoms with Crippen LogP contribution in [0.1, 0.15) is 122 Å². The molecule has 0 aliphatic heterocycles. The fourth-order valence-electron chi connectivity index (χ4n) is 5.02. The summed E-state index contributed by atoms with van der Waals surface area (Å²) in [6, 6.07) is 3.68. The average Bonchev–Trinajstić information content (AvgIpc) is 3.41. The first kappa shape index (κ1) is 33.8. The fourth-order valence-corrected chi connectivity index (χ4v) is 8.12. The summed E-state index contributed by atoms with van der Waals surface area (Å²) in [5, 5.41) is 2.90. The Balaban J connectivity index is 2.17. The standard InChI is InChI=1S/C30H60N4O2Si/c1-3-5-7-9-11-13-15-17-22-37(23-18-16-14-12-10-8-6-4-2)24-21-36-20-19-33-30(35)29(31)25-28-26-32-27-34-28/h26-27,29,37H,3-25,31H2,1-2H3,(H,32,34)(H,33,35). The maximum atomic E-state index is 12.2. The Hall–Kier alpha value is -1.18. The number of carbonyl (C=O) groups excluding carboxylic acids is 1. The van der Waals surface area contributed by atoms with Gasteiger partial charge in [-0.3, -0.25) is 4.79 Å². The van der Waals surface area contributed by atoms with Crippen molar-refractivity contribution in [1.29, 1.82) is 0 Å². The Labute approximate surface area is 230 Å². The lowest BCUT2D eigenvalue weighted by Crippen LogP contribution is -2.43. The highest BCUT2D eigenvalue weighted by Gasteiger charge is 2.14. The molecule has 1 unspecified atom stereocenters. The largest absolute Gasteiger partial charge is 0.380 e. The fraction of sp³-hybridized carbons (Fsp3) is 0.867. The average molecular weight is 537 g/mol. The van der Waals surface area contributed by atoms with Crippen LogP contribution < -0.4 is 11.1 Å². The zero-order valence-electron chi connectivity index (χ0n) is 24.4. The number of aromatic nitrogens is 2. The minimum Gasteiger partial charge on any atom is -0.380 e. The predicted molar refractivity (Wildman–Crippen MR) is 161 cm³/mol. The maximum Gasteiger partial charge on any atom is 0.237 e. The van der Waals surface area contributed by atoms with Crippen LogP contribution in [0, 0.1) is 0 Å². The number of carbonyl (C=O) groups is 1. The van der Waals surface area contributed by atoms with E-state index in [1.54, 1.807) is 12.5 Å². The lowest BCUT2D eigenvalue weighted by molar-refractivity contribution is -0.122. The smallest absolute Gasteiger partial charge is 0.237 e. The summed E-state index contributed by atoms with van der Waals surface area (Å²) in [6.07, 6.45) is 26.3. The van der Waals surface area contributed by atoms with E-state index in [1.807, 2.05) is 0 Å². The summed E-state index contributed by atoms with van der Waals surface area (Å²) < 4.78 is 5.93. The topological polar surface area (TPSA) is 93.0 Å². The number of nitrogens with one attached hydrogen (secondary N) is 2. The van der Waals surface area contributed by atoms with Crippen molar-refractivity contribution in [3.63, 3.8) is 0 Å². The van der Waals surface area contributed by atoms with Gasteiger partial charge in [-0.1, -0.05) is 129 Å². The van der Waals surface area contributed by atoms with Crippen LogP contribution in [0.25, 0.3) is 0 Å². The van der Waals surface area contributed by atoms with Gasteiger partial charge in [-0.05, 0) is 6.04 Å². The molecule has 0 aliphatic carbocycles. The number of rotatable bonds is 27. The first-order valence-electron chi connectivity index (χ1n) is 15.8. The van der Waals surface area contributed by atoms with E-state index in [0.29, 0.717) is 19.6 Å². The molecule has 37 heavy (non-hydrogen) atoms. The third-order valence-electron chi connectivity index (χ3n) is 7.48. The van der Waals surface area contributed by atoms with E-state index in [4.69, 9.17) is 10.5 Å². The Morgan fingerprint density at radius 3 is 1.92 bits per heavy atom. The molecule has 0 radical (unpaired) electrons. The molecule has 1 amide bonds. The number of hydrogen-bond donors (Lipinski definition) is 3. The van der Waals surface area contributed by atoms with Gasteiger partial charge in [0.2, 0.25) is 5.91 Å². The van der Waals surface area contributed by atoms with Gasteiger partial charge in [0.15, 0.2) is 0 Å². The van der Waals surface area contributed by atoms with Crippen LogP contribution in [0.2, 0.25) is 18.1 Å². The monoisotopic (exact) mass is 536 g/mol. The van der Waals surface area contributed by atoms with Gasteiger partial charge in [0.25, 0.3) is 0 Å². The van der Waals surface area contributed by atoms with Gasteiger partial charge in [-0.25, -0.2) is 4.98 Å². The normalized spacial score (nSPS) is 12.3. The molecule has 1 atom stereocenters. The highest BCUT2D eigenvalue weighted by molar-refractivity contribution is 6.58. The number of nitrogens with two attached hydrogens (primary N) is 1. The first-order valence-corrected chi connectivity index (χ1v) is 18.2. The second-order valence-electron chi connectivity index (χ2n) is 11.0. The molecule has 0 saturated heterocycles. The number of ether oxygens (including phenoxy) is 1. The molecular formula is C30H60N4O2Si. The summed E-state index contributed by atoms with van der Waals surface area (Å²) in [5.41, 5.74) is 6.87. The van der Waals surface area contributed by atoms with Crippen molar-refractivity contribution in [2.24, 2.45) is 5.73 Å². The number of amides is 1. The summed E-state index contributed by atoms with van der Waals surface area (Å²) >= 11 is 0. The highest BCUT2D eigenvalue weighted by atomic mass is 28.3. The quantitative estimate of drug-likeness (QED) is 0.0840. The van der Waals surface area contributed by atoms with E-state index in [0.717, 1.165) is 12.3 Å². The highest BCUT2D eigenvalue weighted by Crippen LogP contribution is 2.18. The molecule has 0 aliphatic rings. The van der Waals surface area contributed by atoms with Crippen molar-refractivity contribution in [2.45, 2.75) is 147 Å². The van der Waals surface area contributed by atoms with Crippen molar-refractivity contribution in [2.75, 3.05) is 19.8 Å². The zero-order valence-corrected chi connectivity index (χ0v) is 25.6. The van der Waals surface area contributed by atoms with Gasteiger partial charge in [0.1, 0.15) is 0 Å². The third kappa shape index (κ3) is 20.5. The number of nitrogens with zero attached hydrogens (tertiary/aromatic N) is 1. The summed E-state index contributed by atoms with van der Waals surface area (Å²) in [7, 11) is -0.737. The molecule has 0 saturated carbocycles. The van der Waals surface area contributed by atoms with Crippen LogP contribution in [-0.4, -0.2) is 50.5 Å². The van der Waals surface area contributed by atoms with Crippen molar-refractivity contribution >= 4 is 14.7 Å². The Bertz CT molecular complexity index is 595. The van der Waals surface area contributed by atoms with Gasteiger partial charge in [0.05, 0.1) is 19.0 Å². The van der Waals surface area contributed by atoms with Gasteiger partial charge in [-0.15, -0.1) is 0 Å². The third-order valence-corrected chi connectivity index (χ3v) is 11.0. The molecular weight excluding hydrogens is 476 g/mol. The maximum absolute atomic E-state index is 12.2. The second-order valence-corrected chi connectivity index (χ2v) is 14.4. The van der Waals surface area contributed by atoms with Crippen LogP contribution in [0.15, 0.2) is 12.5 Å². The van der Waals surface area contributed by atoms with Crippen molar-refractivity contribution in [3.8, 4) is 0 Å². The van der Waals surface area contributed by atoms with Crippen LogP contribution in [0.3, 0.4) is 0 Å². The molecule has 0 bridgehead atoms. The SMILES string of the molecule is CCCCCCCCCC[SiH](CCCCCCCCCC)CCOCCNC(=O)C(N)Cc1cnc[nH]1. The second kappa shape index (κ2) is 25.1. The van der Waals surface area contributed by atoms with E-state index in [2.05, 4.69) is 29.1 Å². The van der Waals surface area contributed by atoms with E-state index in [-0.39, 0.29) is 5.91 Å². The van der Waals surface area contributed by atoms with Gasteiger partial charge < -0.3 is 20.8 Å². The van der Waals surface area contributed by atoms with Crippen molar-refractivity contribution < 1.29 is 9.53 Å². The first-order chi connectivity index (χ1) is 18.2. The van der Waals surface area contributed by atoms with Gasteiger partial charge in [-0.2, -0.15) is 0 Å². The molecule has 0 aromatic carbocycles. The zero-order chi connectivity index (χ0) is 26.8. The molecule has 6 nitrogen and oxygen atoms in total. The van der Waals surface area contributed by atoms with Crippen LogP contribution in [0.5, 0.6) is 0 Å². The van der Waals surface area contributed by atoms with Crippen LogP contribution in [-0.2, 0) is 16.0 Å². The molecule has 0 spiro atoms. The minimum atomic E-state index is -0.737. The molecule has 4 N–H and O–H groups in total. The Kier molecular flexibility index (Phi) is 23.0. The molecule has 7 heteroatoms. The number of aromatic amines is 1. The van der Waals surface area contributed by atoms with Gasteiger partial charge >= 0.3 is 0 Å². The summed E-state index contributed by atoms with van der Waals surface area (Å²) in [5.74, 6) is -0.130. The summed E-state index contributed by atoms with van der Waals surface area (Å²) in [4.78, 5) is 19.1. The van der Waals surface area contributed by atoms with Crippen molar-refractivity contribution in [1.82, 2.24) is 15.3 Å². The molecule has 1 rings (SSSR count). The lowest BCUT2D eigenvalue weighted by atomic mass is 10.1. The predicted octanol–water partition coefficient (Wildman–Crippen LogP) is 6.92. The molecule has 1 aromatic heterocycles. The van der Waals surface area contributed by atoms with Crippen LogP contribution >= 0.6 is 0 Å². The van der Waals surface area contributed by atoms with E-state index in [1.165, 1.54) is 121 Å². The van der Waals surface area contributed by atoms with E-state index >= 15 is 0 Å². The molecule has 216 valence electrons. The number of imidazole rings is 1. The molecule has 1 heterocycles. The van der Waals surface area contributed by atoms with E-state index < -0.39 is 14.8 Å². The number of unbranched alkanes of at least 4 members (excludes halogenated alkanes) is 14. The Morgan fingerprint density at radius 1 is 0.865 bits per heavy atom. The Morgan fingerprint density at radius 2 is 1.41 bits per heavy atom. The lowest BCUT2D eigenvalue weighted by Gasteiger charge is -2.16. The number of hydrogen-bond acceptors (Lipinski definition) is 4.